The normalized spacial score (nSPS) is 41.3. The van der Waals surface area contributed by atoms with Gasteiger partial charge in [-0.1, -0.05) is 6.92 Å². The zero-order valence-electron chi connectivity index (χ0n) is 3.51. The monoisotopic (exact) mass is 99.0 g/mol. The topological polar surface area (TPSA) is 23.8 Å². The number of rotatable bonds is 0. The fourth-order valence-corrected chi connectivity index (χ4v) is 0.815. The van der Waals surface area contributed by atoms with Crippen molar-refractivity contribution in [3.63, 3.8) is 0 Å². The highest BCUT2D eigenvalue weighted by atomic mass is 32.2. The number of nitrogens with zero attached hydrogens (tertiary/aromatic N) is 1. The highest BCUT2D eigenvalue weighted by Crippen LogP contribution is 2.39. The van der Waals surface area contributed by atoms with E-state index in [2.05, 4.69) is 13.0 Å². The number of hydrogen-bond donors (Lipinski definition) is 0. The maximum absolute atomic E-state index is 8.11. The average molecular weight is 99.2 g/mol. The van der Waals surface area contributed by atoms with E-state index in [9.17, 15) is 0 Å². The second-order valence-electron chi connectivity index (χ2n) is 1.39. The molecule has 2 heteroatoms. The summed E-state index contributed by atoms with van der Waals surface area (Å²) in [5.41, 5.74) is 0. The van der Waals surface area contributed by atoms with Crippen LogP contribution in [0, 0.1) is 11.3 Å². The first-order valence-corrected chi connectivity index (χ1v) is 2.84. The van der Waals surface area contributed by atoms with Crippen LogP contribution in [0.2, 0.25) is 0 Å². The summed E-state index contributed by atoms with van der Waals surface area (Å²) in [5.74, 6) is 0. The molecule has 0 aliphatic carbocycles. The summed E-state index contributed by atoms with van der Waals surface area (Å²) in [5, 5.41) is 9.05. The Morgan fingerprint density at radius 2 is 2.33 bits per heavy atom. The molecule has 2 atom stereocenters. The molecule has 0 radical (unpaired) electrons. The van der Waals surface area contributed by atoms with Crippen LogP contribution in [0.15, 0.2) is 0 Å². The third-order valence-corrected chi connectivity index (χ3v) is 2.03. The molecule has 0 aromatic heterocycles. The van der Waals surface area contributed by atoms with Gasteiger partial charge in [0.25, 0.3) is 0 Å². The van der Waals surface area contributed by atoms with Gasteiger partial charge in [0.1, 0.15) is 5.25 Å². The maximum Gasteiger partial charge on any atom is 0.104 e. The van der Waals surface area contributed by atoms with E-state index in [1.54, 1.807) is 11.8 Å². The standard InChI is InChI=1S/C4H5NS/c1-3-4(2-5)6-3/h3-4H,1H3. The van der Waals surface area contributed by atoms with Crippen molar-refractivity contribution >= 4 is 11.8 Å². The van der Waals surface area contributed by atoms with Crippen molar-refractivity contribution in [3.05, 3.63) is 0 Å². The van der Waals surface area contributed by atoms with Gasteiger partial charge in [0.2, 0.25) is 0 Å². The second-order valence-corrected chi connectivity index (χ2v) is 2.91. The molecule has 32 valence electrons. The van der Waals surface area contributed by atoms with Gasteiger partial charge in [-0.25, -0.2) is 0 Å². The van der Waals surface area contributed by atoms with E-state index >= 15 is 0 Å². The first-order valence-electron chi connectivity index (χ1n) is 1.89. The van der Waals surface area contributed by atoms with Crippen LogP contribution in [0.3, 0.4) is 0 Å². The molecular formula is C4H5NS. The highest BCUT2D eigenvalue weighted by molar-refractivity contribution is 8.08. The lowest BCUT2D eigenvalue weighted by molar-refractivity contribution is 1.13. The van der Waals surface area contributed by atoms with Crippen LogP contribution in [-0.2, 0) is 0 Å². The molecular weight excluding hydrogens is 94.1 g/mol. The Hall–Kier alpha value is -0.160. The molecule has 6 heavy (non-hydrogen) atoms. The van der Waals surface area contributed by atoms with Crippen LogP contribution in [0.25, 0.3) is 0 Å². The average Bonchev–Trinajstić information content (AvgIpc) is 2.19. The van der Waals surface area contributed by atoms with Crippen molar-refractivity contribution in [2.45, 2.75) is 17.4 Å². The van der Waals surface area contributed by atoms with Crippen LogP contribution in [0.5, 0.6) is 0 Å². The molecule has 0 saturated carbocycles. The van der Waals surface area contributed by atoms with E-state index in [1.165, 1.54) is 0 Å². The van der Waals surface area contributed by atoms with Gasteiger partial charge in [-0.2, -0.15) is 5.26 Å². The molecule has 1 nitrogen and oxygen atoms in total. The summed E-state index contributed by atoms with van der Waals surface area (Å²) < 4.78 is 0. The van der Waals surface area contributed by atoms with Crippen molar-refractivity contribution in [1.29, 1.82) is 5.26 Å². The molecule has 0 aromatic rings. The third-order valence-electron chi connectivity index (χ3n) is 0.838. The lowest BCUT2D eigenvalue weighted by atomic mass is 10.4. The molecule has 0 aromatic carbocycles. The van der Waals surface area contributed by atoms with E-state index in [4.69, 9.17) is 5.26 Å². The van der Waals surface area contributed by atoms with Crippen molar-refractivity contribution in [3.8, 4) is 6.07 Å². The fraction of sp³-hybridized carbons (Fsp3) is 0.750. The molecule has 1 rings (SSSR count). The van der Waals surface area contributed by atoms with Crippen molar-refractivity contribution in [2.75, 3.05) is 0 Å². The first-order chi connectivity index (χ1) is 2.84. The van der Waals surface area contributed by atoms with E-state index in [0.717, 1.165) is 0 Å². The summed E-state index contributed by atoms with van der Waals surface area (Å²) in [6.07, 6.45) is 0. The molecule has 1 fully saturated rings. The van der Waals surface area contributed by atoms with Crippen molar-refractivity contribution < 1.29 is 0 Å². The van der Waals surface area contributed by atoms with E-state index in [0.29, 0.717) is 10.5 Å². The fourth-order valence-electron chi connectivity index (χ4n) is 0.321. The Kier molecular flexibility index (Phi) is 0.776. The van der Waals surface area contributed by atoms with Crippen LogP contribution < -0.4 is 0 Å². The molecule has 1 heterocycles. The minimum absolute atomic E-state index is 0.324. The zero-order chi connectivity index (χ0) is 4.57. The second kappa shape index (κ2) is 1.16. The molecule has 1 saturated heterocycles. The van der Waals surface area contributed by atoms with Crippen LogP contribution in [0.4, 0.5) is 0 Å². The molecule has 2 unspecified atom stereocenters. The Labute approximate surface area is 41.3 Å². The summed E-state index contributed by atoms with van der Waals surface area (Å²) in [7, 11) is 0. The predicted molar refractivity (Wildman–Crippen MR) is 26.5 cm³/mol. The molecule has 1 aliphatic rings. The Balaban J connectivity index is 2.31. The summed E-state index contributed by atoms with van der Waals surface area (Å²) >= 11 is 1.73. The lowest BCUT2D eigenvalue weighted by Gasteiger charge is -1.60. The predicted octanol–water partition coefficient (Wildman–Crippen LogP) is 1.01. The van der Waals surface area contributed by atoms with Crippen molar-refractivity contribution in [2.24, 2.45) is 0 Å². The zero-order valence-corrected chi connectivity index (χ0v) is 4.33. The summed E-state index contributed by atoms with van der Waals surface area (Å²) in [6.45, 7) is 2.07. The first kappa shape index (κ1) is 4.01. The van der Waals surface area contributed by atoms with Crippen LogP contribution >= 0.6 is 11.8 Å². The summed E-state index contributed by atoms with van der Waals surface area (Å²) in [6, 6.07) is 2.15. The smallest absolute Gasteiger partial charge is 0.104 e. The SMILES string of the molecule is CC1SC1C#N. The summed E-state index contributed by atoms with van der Waals surface area (Å²) in [4.78, 5) is 0. The van der Waals surface area contributed by atoms with Gasteiger partial charge >= 0.3 is 0 Å². The van der Waals surface area contributed by atoms with Gasteiger partial charge < -0.3 is 0 Å². The maximum atomic E-state index is 8.11. The number of hydrogen-bond acceptors (Lipinski definition) is 2. The molecule has 0 amide bonds. The minimum atomic E-state index is 0.324. The molecule has 0 bridgehead atoms. The molecule has 0 spiro atoms. The lowest BCUT2D eigenvalue weighted by Crippen LogP contribution is -1.78. The minimum Gasteiger partial charge on any atom is -0.197 e. The largest absolute Gasteiger partial charge is 0.197 e. The number of nitriles is 1. The van der Waals surface area contributed by atoms with Gasteiger partial charge in [-0.3, -0.25) is 0 Å². The Bertz CT molecular complexity index is 94.2. The Morgan fingerprint density at radius 1 is 1.83 bits per heavy atom. The van der Waals surface area contributed by atoms with Gasteiger partial charge in [-0.05, 0) is 0 Å². The highest BCUT2D eigenvalue weighted by Gasteiger charge is 2.33. The Morgan fingerprint density at radius 3 is 2.33 bits per heavy atom. The van der Waals surface area contributed by atoms with Crippen molar-refractivity contribution in [1.82, 2.24) is 0 Å². The number of thioether (sulfide) groups is 1. The van der Waals surface area contributed by atoms with Gasteiger partial charge in [0.15, 0.2) is 0 Å². The van der Waals surface area contributed by atoms with E-state index < -0.39 is 0 Å². The van der Waals surface area contributed by atoms with E-state index in [1.807, 2.05) is 0 Å². The van der Waals surface area contributed by atoms with Gasteiger partial charge in [-0.15, -0.1) is 11.8 Å². The van der Waals surface area contributed by atoms with E-state index in [-0.39, 0.29) is 0 Å². The van der Waals surface area contributed by atoms with Crippen LogP contribution in [0.1, 0.15) is 6.92 Å². The quantitative estimate of drug-likeness (QED) is 0.423. The van der Waals surface area contributed by atoms with Gasteiger partial charge in [0, 0.05) is 5.25 Å². The third kappa shape index (κ3) is 0.504. The van der Waals surface area contributed by atoms with Crippen LogP contribution in [-0.4, -0.2) is 10.5 Å². The molecule has 0 N–H and O–H groups in total. The van der Waals surface area contributed by atoms with Gasteiger partial charge in [0.05, 0.1) is 6.07 Å². The molecule has 1 aliphatic heterocycles.